The molecule has 0 aromatic heterocycles. The topological polar surface area (TPSA) is 66.4 Å². The molecule has 0 heterocycles. The number of aliphatic carboxylic acids is 1. The van der Waals surface area contributed by atoms with E-state index in [4.69, 9.17) is 5.11 Å². The Morgan fingerprint density at radius 2 is 1.86 bits per heavy atom. The summed E-state index contributed by atoms with van der Waals surface area (Å²) in [5, 5.41) is 11.9. The van der Waals surface area contributed by atoms with E-state index in [1.165, 1.54) is 0 Å². The molecular formula is C16H23NO3S. The SMILES string of the molecule is CCC(C)CC(=O)NC(CC(=O)O)c1ccc(SC)cc1. The van der Waals surface area contributed by atoms with E-state index < -0.39 is 12.0 Å². The van der Waals surface area contributed by atoms with Crippen molar-refractivity contribution in [3.63, 3.8) is 0 Å². The molecule has 0 fully saturated rings. The monoisotopic (exact) mass is 309 g/mol. The molecular weight excluding hydrogens is 286 g/mol. The summed E-state index contributed by atoms with van der Waals surface area (Å²) in [5.41, 5.74) is 0.827. The van der Waals surface area contributed by atoms with Crippen LogP contribution in [0.5, 0.6) is 0 Å². The number of benzene rings is 1. The first kappa shape index (κ1) is 17.6. The van der Waals surface area contributed by atoms with E-state index in [1.54, 1.807) is 11.8 Å². The third-order valence-electron chi connectivity index (χ3n) is 3.46. The average molecular weight is 309 g/mol. The largest absolute Gasteiger partial charge is 0.481 e. The van der Waals surface area contributed by atoms with Gasteiger partial charge >= 0.3 is 5.97 Å². The maximum absolute atomic E-state index is 12.0. The highest BCUT2D eigenvalue weighted by atomic mass is 32.2. The quantitative estimate of drug-likeness (QED) is 0.722. The number of hydrogen-bond acceptors (Lipinski definition) is 3. The molecule has 0 aliphatic rings. The van der Waals surface area contributed by atoms with Gasteiger partial charge in [-0.2, -0.15) is 0 Å². The standard InChI is InChI=1S/C16H23NO3S/c1-4-11(2)9-15(18)17-14(10-16(19)20)12-5-7-13(21-3)8-6-12/h5-8,11,14H,4,9-10H2,1-3H3,(H,17,18)(H,19,20). The molecule has 0 bridgehead atoms. The van der Waals surface area contributed by atoms with Gasteiger partial charge < -0.3 is 10.4 Å². The first-order chi connectivity index (χ1) is 9.96. The van der Waals surface area contributed by atoms with Gasteiger partial charge in [0.05, 0.1) is 12.5 Å². The summed E-state index contributed by atoms with van der Waals surface area (Å²) in [5.74, 6) is -0.711. The Morgan fingerprint density at radius 3 is 2.33 bits per heavy atom. The van der Waals surface area contributed by atoms with Crippen LogP contribution in [0.15, 0.2) is 29.2 Å². The molecule has 5 heteroatoms. The minimum Gasteiger partial charge on any atom is -0.481 e. The Morgan fingerprint density at radius 1 is 1.24 bits per heavy atom. The Hall–Kier alpha value is -1.49. The van der Waals surface area contributed by atoms with Gasteiger partial charge in [0.15, 0.2) is 0 Å². The number of carbonyl (C=O) groups is 2. The predicted octanol–water partition coefficient (Wildman–Crippen LogP) is 3.48. The second kappa shape index (κ2) is 8.72. The molecule has 0 aliphatic carbocycles. The lowest BCUT2D eigenvalue weighted by molar-refractivity contribution is -0.137. The van der Waals surface area contributed by atoms with E-state index in [1.807, 2.05) is 44.4 Å². The predicted molar refractivity (Wildman–Crippen MR) is 85.4 cm³/mol. The third-order valence-corrected chi connectivity index (χ3v) is 4.21. The first-order valence-corrected chi connectivity index (χ1v) is 8.33. The molecule has 1 rings (SSSR count). The summed E-state index contributed by atoms with van der Waals surface area (Å²) in [6, 6.07) is 7.16. The van der Waals surface area contributed by atoms with E-state index in [0.717, 1.165) is 16.9 Å². The van der Waals surface area contributed by atoms with Gasteiger partial charge in [-0.15, -0.1) is 11.8 Å². The van der Waals surface area contributed by atoms with Crippen molar-refractivity contribution < 1.29 is 14.7 Å². The molecule has 0 saturated heterocycles. The van der Waals surface area contributed by atoms with Crippen molar-refractivity contribution >= 4 is 23.6 Å². The first-order valence-electron chi connectivity index (χ1n) is 7.11. The van der Waals surface area contributed by atoms with Crippen LogP contribution < -0.4 is 5.32 Å². The van der Waals surface area contributed by atoms with Crippen molar-refractivity contribution in [2.75, 3.05) is 6.26 Å². The summed E-state index contributed by atoms with van der Waals surface area (Å²) >= 11 is 1.62. The van der Waals surface area contributed by atoms with Crippen LogP contribution in [0.1, 0.15) is 44.7 Å². The van der Waals surface area contributed by atoms with Crippen LogP contribution in [0.4, 0.5) is 0 Å². The number of carboxylic acid groups (broad SMARTS) is 1. The van der Waals surface area contributed by atoms with Crippen molar-refractivity contribution in [1.82, 2.24) is 5.32 Å². The molecule has 0 aliphatic heterocycles. The Labute approximate surface area is 130 Å². The summed E-state index contributed by atoms with van der Waals surface area (Å²) in [4.78, 5) is 24.1. The minimum absolute atomic E-state index is 0.0930. The lowest BCUT2D eigenvalue weighted by Crippen LogP contribution is -2.31. The summed E-state index contributed by atoms with van der Waals surface area (Å²) in [6.07, 6.45) is 3.23. The molecule has 0 saturated carbocycles. The van der Waals surface area contributed by atoms with Crippen LogP contribution in [-0.2, 0) is 9.59 Å². The highest BCUT2D eigenvalue weighted by molar-refractivity contribution is 7.98. The van der Waals surface area contributed by atoms with Crippen LogP contribution in [0.25, 0.3) is 0 Å². The number of thioether (sulfide) groups is 1. The number of nitrogens with one attached hydrogen (secondary N) is 1. The van der Waals surface area contributed by atoms with Crippen molar-refractivity contribution in [3.8, 4) is 0 Å². The maximum Gasteiger partial charge on any atom is 0.305 e. The molecule has 4 nitrogen and oxygen atoms in total. The van der Waals surface area contributed by atoms with Crippen LogP contribution in [0, 0.1) is 5.92 Å². The lowest BCUT2D eigenvalue weighted by atomic mass is 10.0. The number of rotatable bonds is 8. The number of carboxylic acids is 1. The van der Waals surface area contributed by atoms with Crippen LogP contribution >= 0.6 is 11.8 Å². The molecule has 1 aromatic carbocycles. The van der Waals surface area contributed by atoms with Gasteiger partial charge in [-0.25, -0.2) is 0 Å². The molecule has 2 unspecified atom stereocenters. The highest BCUT2D eigenvalue weighted by Gasteiger charge is 2.19. The minimum atomic E-state index is -0.919. The van der Waals surface area contributed by atoms with E-state index in [2.05, 4.69) is 5.32 Å². The van der Waals surface area contributed by atoms with Gasteiger partial charge in [0, 0.05) is 11.3 Å². The molecule has 0 spiro atoms. The summed E-state index contributed by atoms with van der Waals surface area (Å²) in [6.45, 7) is 4.05. The zero-order chi connectivity index (χ0) is 15.8. The van der Waals surface area contributed by atoms with Gasteiger partial charge in [-0.3, -0.25) is 9.59 Å². The average Bonchev–Trinajstić information content (AvgIpc) is 2.46. The zero-order valence-electron chi connectivity index (χ0n) is 12.8. The summed E-state index contributed by atoms with van der Waals surface area (Å²) < 4.78 is 0. The molecule has 0 radical (unpaired) electrons. The van der Waals surface area contributed by atoms with Crippen LogP contribution in [-0.4, -0.2) is 23.2 Å². The Kier molecular flexibility index (Phi) is 7.29. The summed E-state index contributed by atoms with van der Waals surface area (Å²) in [7, 11) is 0. The fraction of sp³-hybridized carbons (Fsp3) is 0.500. The van der Waals surface area contributed by atoms with E-state index >= 15 is 0 Å². The van der Waals surface area contributed by atoms with E-state index in [9.17, 15) is 9.59 Å². The van der Waals surface area contributed by atoms with Gasteiger partial charge in [-0.1, -0.05) is 32.4 Å². The molecule has 116 valence electrons. The van der Waals surface area contributed by atoms with Gasteiger partial charge in [-0.05, 0) is 29.9 Å². The second-order valence-corrected chi connectivity index (χ2v) is 6.09. The fourth-order valence-electron chi connectivity index (χ4n) is 1.98. The smallest absolute Gasteiger partial charge is 0.305 e. The van der Waals surface area contributed by atoms with Crippen molar-refractivity contribution in [1.29, 1.82) is 0 Å². The van der Waals surface area contributed by atoms with Gasteiger partial charge in [0.2, 0.25) is 5.91 Å². The molecule has 1 aromatic rings. The van der Waals surface area contributed by atoms with Crippen molar-refractivity contribution in [3.05, 3.63) is 29.8 Å². The molecule has 2 N–H and O–H groups in total. The van der Waals surface area contributed by atoms with Gasteiger partial charge in [0.1, 0.15) is 0 Å². The highest BCUT2D eigenvalue weighted by Crippen LogP contribution is 2.22. The zero-order valence-corrected chi connectivity index (χ0v) is 13.6. The normalized spacial score (nSPS) is 13.5. The molecule has 21 heavy (non-hydrogen) atoms. The number of hydrogen-bond donors (Lipinski definition) is 2. The Balaban J connectivity index is 2.79. The van der Waals surface area contributed by atoms with Gasteiger partial charge in [0.25, 0.3) is 0 Å². The second-order valence-electron chi connectivity index (χ2n) is 5.21. The molecule has 1 amide bonds. The lowest BCUT2D eigenvalue weighted by Gasteiger charge is -2.19. The van der Waals surface area contributed by atoms with Crippen LogP contribution in [0.2, 0.25) is 0 Å². The van der Waals surface area contributed by atoms with E-state index in [0.29, 0.717) is 12.3 Å². The van der Waals surface area contributed by atoms with Crippen molar-refractivity contribution in [2.45, 2.75) is 44.0 Å². The number of amides is 1. The van der Waals surface area contributed by atoms with Crippen molar-refractivity contribution in [2.24, 2.45) is 5.92 Å². The van der Waals surface area contributed by atoms with Crippen LogP contribution in [0.3, 0.4) is 0 Å². The third kappa shape index (κ3) is 6.21. The van der Waals surface area contributed by atoms with E-state index in [-0.39, 0.29) is 12.3 Å². The Bertz CT molecular complexity index is 473. The maximum atomic E-state index is 12.0. The molecule has 2 atom stereocenters. The number of carbonyl (C=O) groups excluding carboxylic acids is 1. The fourth-order valence-corrected chi connectivity index (χ4v) is 2.39.